The van der Waals surface area contributed by atoms with E-state index in [1.807, 2.05) is 76.4 Å². The van der Waals surface area contributed by atoms with E-state index in [-0.39, 0.29) is 40.0 Å². The number of ether oxygens (including phenoxy) is 1. The van der Waals surface area contributed by atoms with Crippen LogP contribution >= 0.6 is 0 Å². The van der Waals surface area contributed by atoms with Gasteiger partial charge in [-0.3, -0.25) is 14.4 Å². The number of amides is 1. The van der Waals surface area contributed by atoms with Gasteiger partial charge in [0, 0.05) is 420 Å². The summed E-state index contributed by atoms with van der Waals surface area (Å²) in [5.74, 6) is 199. The number of terminal acetylenes is 2. The number of unbranched alkanes of at least 4 members (excludes halogenated alkanes) is 1. The third-order valence-electron chi connectivity index (χ3n) is 14.2. The second-order valence-electron chi connectivity index (χ2n) is 29.0. The summed E-state index contributed by atoms with van der Waals surface area (Å²) in [6, 6.07) is 8.49. The van der Waals surface area contributed by atoms with Crippen LogP contribution in [0, 0.1) is 503 Å². The molecule has 1 aromatic carbocycles. The monoisotopic (exact) mass is 1690 g/mol. The molecule has 3 N–H and O–H groups in total. The SMILES string of the molecule is C#CC#CC#CC#CC#CC#CC#CC#CC#CC#CC#CC#CC#CC#CC#CC#CC#CC#CC#CC#CC#CC#CC#CC#CC#CC#CC#CC#CC#CC#CC#CC#CC#CC#CC#CC#CC#CC#CC#CC#CC#C.CCC(C)(C)Cc1ccc(CNC(=O)COC(C)(C)C)cc1.CNC(C)(C)CCC(=O)C(C)(C)C.CNC(C)(C)CCCCC(=O)C(C)(C)C. The third kappa shape index (κ3) is 90.6. The fraction of sp³-hybridized carbons (Fsp3) is 0.272. The Morgan fingerprint density at radius 2 is 0.462 bits per heavy atom. The fourth-order valence-electron chi connectivity index (χ4n) is 6.71. The van der Waals surface area contributed by atoms with Gasteiger partial charge < -0.3 is 20.7 Å². The molecule has 0 unspecified atom stereocenters. The van der Waals surface area contributed by atoms with Crippen LogP contribution in [-0.2, 0) is 32.1 Å². The molecule has 0 heterocycles. The molecule has 0 spiro atoms. The van der Waals surface area contributed by atoms with Crippen LogP contribution in [0.25, 0.3) is 0 Å². The smallest absolute Gasteiger partial charge is 0.246 e. The summed E-state index contributed by atoms with van der Waals surface area (Å²) in [4.78, 5) is 35.0. The van der Waals surface area contributed by atoms with Crippen LogP contribution in [0.5, 0.6) is 0 Å². The van der Waals surface area contributed by atoms with Crippen molar-refractivity contribution in [1.82, 2.24) is 16.0 Å². The Labute approximate surface area is 791 Å². The lowest BCUT2D eigenvalue weighted by Crippen LogP contribution is -2.37. The average Bonchev–Trinajstić information content (AvgIpc) is 0.882. The van der Waals surface area contributed by atoms with Crippen LogP contribution < -0.4 is 16.0 Å². The molecule has 0 saturated carbocycles. The molecule has 0 atom stereocenters. The Kier molecular flexibility index (Phi) is 70.8. The summed E-state index contributed by atoms with van der Waals surface area (Å²) in [5.41, 5.74) is 2.42. The standard InChI is InChI=1S/C82H2.C19H31NO2.C13H27NO.C11H23NO/c1-3-5-7-9-11-13-15-17-19-21-23-25-27-29-31-33-35-37-39-41-43-45-47-49-51-53-55-57-59-61-63-65-67-69-71-73-75-77-79-81-82-80-78-76-74-72-70-68-66-64-62-60-58-56-54-52-50-48-46-44-42-40-38-36-34-32-30-28-26-24-22-20-18-16-14-12-10-8-6-4-2;1-7-19(5,6)12-15-8-10-16(11-9-15)13-20-17(21)14-22-18(2,3)4;1-12(2,3)11(15)9-7-8-10-13(4,5)14-6;1-10(2,3)9(13)7-8-11(4,5)12-6/h1-2H;8-11H,7,12-14H2,1-6H3,(H,20,21);14H,7-10H2,1-6H3;12H,7-8H2,1-6H3. The molecule has 0 fully saturated rings. The van der Waals surface area contributed by atoms with E-state index in [1.165, 1.54) is 12.0 Å². The van der Waals surface area contributed by atoms with Crippen molar-refractivity contribution in [3.05, 3.63) is 35.4 Å². The van der Waals surface area contributed by atoms with Gasteiger partial charge in [0.15, 0.2) is 0 Å². The maximum absolute atomic E-state index is 11.7. The van der Waals surface area contributed by atoms with Gasteiger partial charge in [0.25, 0.3) is 0 Å². The first-order valence-corrected chi connectivity index (χ1v) is 39.2. The number of hydrogen-bond donors (Lipinski definition) is 3. The number of benzene rings is 1. The zero-order chi connectivity index (χ0) is 98.2. The van der Waals surface area contributed by atoms with Gasteiger partial charge in [-0.25, -0.2) is 0 Å². The highest BCUT2D eigenvalue weighted by molar-refractivity contribution is 5.84. The van der Waals surface area contributed by atoms with Crippen LogP contribution in [0.2, 0.25) is 0 Å². The molecule has 7 nitrogen and oxygen atoms in total. The molecule has 0 radical (unpaired) electrons. The highest BCUT2D eigenvalue weighted by atomic mass is 16.5. The van der Waals surface area contributed by atoms with Crippen molar-refractivity contribution >= 4 is 17.5 Å². The molecule has 1 amide bonds. The first-order chi connectivity index (χ1) is 63.4. The Hall–Kier alpha value is -20.1. The number of nitrogens with one attached hydrogen (secondary N) is 3. The highest BCUT2D eigenvalue weighted by Crippen LogP contribution is 2.26. The molecule has 1 aromatic rings. The number of ketones is 2. The lowest BCUT2D eigenvalue weighted by atomic mass is 9.83. The van der Waals surface area contributed by atoms with Crippen molar-refractivity contribution in [2.45, 2.75) is 185 Å². The van der Waals surface area contributed by atoms with Gasteiger partial charge in [0.2, 0.25) is 5.91 Å². The fourth-order valence-corrected chi connectivity index (χ4v) is 6.71. The second-order valence-corrected chi connectivity index (χ2v) is 29.0. The molecule has 132 heavy (non-hydrogen) atoms. The van der Waals surface area contributed by atoms with E-state index in [9.17, 15) is 14.4 Å². The number of hydrogen-bond acceptors (Lipinski definition) is 6. The molecule has 0 aromatic heterocycles. The van der Waals surface area contributed by atoms with Gasteiger partial charge >= 0.3 is 0 Å². The molecular weight excluding hydrogens is 1610 g/mol. The average molecular weight is 1690 g/mol. The van der Waals surface area contributed by atoms with E-state index in [4.69, 9.17) is 17.6 Å². The largest absolute Gasteiger partial charge is 0.366 e. The van der Waals surface area contributed by atoms with E-state index in [1.54, 1.807) is 0 Å². The predicted octanol–water partition coefficient (Wildman–Crippen LogP) is 10.0. The van der Waals surface area contributed by atoms with Gasteiger partial charge in [0.05, 0.1) is 5.60 Å². The van der Waals surface area contributed by atoms with Gasteiger partial charge in [-0.05, 0) is 200 Å². The molecule has 622 valence electrons. The van der Waals surface area contributed by atoms with Crippen molar-refractivity contribution in [3.63, 3.8) is 0 Å². The number of carbonyl (C=O) groups is 3. The maximum Gasteiger partial charge on any atom is 0.246 e. The Morgan fingerprint density at radius 3 is 0.644 bits per heavy atom. The number of Topliss-reactive ketones (excluding diaryl/α,β-unsaturated/α-hetero) is 2. The third-order valence-corrected chi connectivity index (χ3v) is 14.2. The van der Waals surface area contributed by atoms with Crippen molar-refractivity contribution in [2.24, 2.45) is 16.2 Å². The minimum Gasteiger partial charge on any atom is -0.366 e. The van der Waals surface area contributed by atoms with E-state index >= 15 is 0 Å². The molecule has 0 bridgehead atoms. The minimum atomic E-state index is -0.287. The quantitative estimate of drug-likeness (QED) is 0.106. The topological polar surface area (TPSA) is 96.5 Å². The maximum atomic E-state index is 11.7. The van der Waals surface area contributed by atoms with E-state index in [0.717, 1.165) is 44.1 Å². The van der Waals surface area contributed by atoms with Crippen LogP contribution in [-0.4, -0.2) is 54.9 Å². The van der Waals surface area contributed by atoms with Crippen LogP contribution in [0.15, 0.2) is 24.3 Å². The Morgan fingerprint density at radius 1 is 0.273 bits per heavy atom. The minimum absolute atomic E-state index is 0.0703. The zero-order valence-corrected chi connectivity index (χ0v) is 77.2. The van der Waals surface area contributed by atoms with Crippen molar-refractivity contribution < 1.29 is 19.1 Å². The second kappa shape index (κ2) is 80.6. The van der Waals surface area contributed by atoms with Gasteiger partial charge in [0.1, 0.15) is 18.2 Å². The van der Waals surface area contributed by atoms with Crippen LogP contribution in [0.3, 0.4) is 0 Å². The zero-order valence-electron chi connectivity index (χ0n) is 77.2. The lowest BCUT2D eigenvalue weighted by molar-refractivity contribution is -0.130. The summed E-state index contributed by atoms with van der Waals surface area (Å²) >= 11 is 0. The molecule has 0 aliphatic rings. The van der Waals surface area contributed by atoms with Crippen molar-refractivity contribution in [1.29, 1.82) is 0 Å². The summed E-state index contributed by atoms with van der Waals surface area (Å²) in [6.07, 6.45) is 17.7. The van der Waals surface area contributed by atoms with Gasteiger partial charge in [-0.1, -0.05) is 99.4 Å². The lowest BCUT2D eigenvalue weighted by Gasteiger charge is -2.25. The summed E-state index contributed by atoms with van der Waals surface area (Å²) in [6.45, 7) is 33.8. The Bertz CT molecular complexity index is 7010. The molecule has 0 aliphatic carbocycles. The normalized spacial score (nSPS) is 7.24. The number of carbonyl (C=O) groups excluding carboxylic acids is 3. The Balaban J connectivity index is -0.00000263. The summed E-state index contributed by atoms with van der Waals surface area (Å²) in [5, 5.41) is 9.36. The molecule has 1 rings (SSSR count). The molecule has 0 aliphatic heterocycles. The molecule has 7 heteroatoms. The predicted molar refractivity (Wildman–Crippen MR) is 536 cm³/mol. The first kappa shape index (κ1) is 116. The first-order valence-electron chi connectivity index (χ1n) is 39.2. The van der Waals surface area contributed by atoms with E-state index < -0.39 is 0 Å². The number of rotatable bonds is 17. The molecular formula is C125H83N3O4. The summed E-state index contributed by atoms with van der Waals surface area (Å²) < 4.78 is 5.45. The van der Waals surface area contributed by atoms with Crippen molar-refractivity contribution in [3.8, 4) is 486 Å². The molecule has 0 saturated heterocycles. The van der Waals surface area contributed by atoms with E-state index in [2.05, 4.69) is 562 Å². The van der Waals surface area contributed by atoms with E-state index in [0.29, 0.717) is 29.9 Å². The van der Waals surface area contributed by atoms with Crippen LogP contribution in [0.4, 0.5) is 0 Å². The van der Waals surface area contributed by atoms with Crippen molar-refractivity contribution in [2.75, 3.05) is 20.7 Å². The summed E-state index contributed by atoms with van der Waals surface area (Å²) in [7, 11) is 3.92. The van der Waals surface area contributed by atoms with Gasteiger partial charge in [-0.15, -0.1) is 12.8 Å². The highest BCUT2D eigenvalue weighted by Gasteiger charge is 2.25. The van der Waals surface area contributed by atoms with Crippen LogP contribution in [0.1, 0.15) is 167 Å². The van der Waals surface area contributed by atoms with Gasteiger partial charge in [-0.2, -0.15) is 0 Å².